The van der Waals surface area contributed by atoms with E-state index in [0.717, 1.165) is 4.47 Å². The highest BCUT2D eigenvalue weighted by Crippen LogP contribution is 2.14. The molecule has 0 unspecified atom stereocenters. The lowest BCUT2D eigenvalue weighted by atomic mass is 10.1. The highest BCUT2D eigenvalue weighted by atomic mass is 79.9. The summed E-state index contributed by atoms with van der Waals surface area (Å²) in [5, 5.41) is 4.37. The molecule has 3 amide bonds. The zero-order valence-corrected chi connectivity index (χ0v) is 12.9. The van der Waals surface area contributed by atoms with Crippen LogP contribution < -0.4 is 16.4 Å². The molecular formula is C15H12BrN3O3. The number of para-hydroxylation sites is 1. The monoisotopic (exact) mass is 361 g/mol. The van der Waals surface area contributed by atoms with Gasteiger partial charge in [-0.15, -0.1) is 0 Å². The van der Waals surface area contributed by atoms with Crippen LogP contribution in [-0.2, 0) is 9.59 Å². The first kappa shape index (κ1) is 15.7. The summed E-state index contributed by atoms with van der Waals surface area (Å²) in [4.78, 5) is 35.3. The van der Waals surface area contributed by atoms with E-state index >= 15 is 0 Å². The predicted octanol–water partition coefficient (Wildman–Crippen LogP) is 1.93. The highest BCUT2D eigenvalue weighted by molar-refractivity contribution is 9.10. The number of amides is 3. The minimum Gasteiger partial charge on any atom is -0.398 e. The average molecular weight is 362 g/mol. The van der Waals surface area contributed by atoms with Gasteiger partial charge in [0.05, 0.1) is 5.56 Å². The van der Waals surface area contributed by atoms with Crippen LogP contribution in [0, 0.1) is 0 Å². The predicted molar refractivity (Wildman–Crippen MR) is 86.1 cm³/mol. The van der Waals surface area contributed by atoms with Crippen LogP contribution >= 0.6 is 15.9 Å². The second kappa shape index (κ2) is 6.86. The summed E-state index contributed by atoms with van der Waals surface area (Å²) in [6, 6.07) is 12.9. The van der Waals surface area contributed by atoms with Gasteiger partial charge in [0.25, 0.3) is 5.91 Å². The molecule has 22 heavy (non-hydrogen) atoms. The number of carbonyl (C=O) groups excluding carboxylic acids is 3. The molecule has 0 heterocycles. The van der Waals surface area contributed by atoms with E-state index in [1.807, 2.05) is 5.32 Å². The number of hydrogen-bond donors (Lipinski definition) is 3. The van der Waals surface area contributed by atoms with Crippen LogP contribution in [0.1, 0.15) is 10.4 Å². The van der Waals surface area contributed by atoms with Crippen molar-refractivity contribution in [2.24, 2.45) is 0 Å². The molecule has 0 aromatic heterocycles. The lowest BCUT2D eigenvalue weighted by Crippen LogP contribution is -2.39. The first-order chi connectivity index (χ1) is 10.5. The molecule has 4 N–H and O–H groups in total. The zero-order chi connectivity index (χ0) is 16.1. The molecule has 2 rings (SSSR count). The number of benzene rings is 2. The standard InChI is InChI=1S/C15H12BrN3O3/c16-9-5-7-10(8-6-9)18-14(21)15(22)19-13(20)11-3-1-2-4-12(11)17/h1-8H,17H2,(H,18,21)(H,19,20,22). The quantitative estimate of drug-likeness (QED) is 0.561. The molecule has 0 radical (unpaired) electrons. The van der Waals surface area contributed by atoms with Crippen LogP contribution in [0.25, 0.3) is 0 Å². The molecule has 0 aliphatic heterocycles. The molecule has 0 saturated carbocycles. The molecule has 2 aromatic rings. The van der Waals surface area contributed by atoms with Gasteiger partial charge in [-0.05, 0) is 36.4 Å². The maximum atomic E-state index is 11.9. The van der Waals surface area contributed by atoms with Crippen molar-refractivity contribution in [2.75, 3.05) is 11.1 Å². The van der Waals surface area contributed by atoms with Gasteiger partial charge in [-0.1, -0.05) is 28.1 Å². The summed E-state index contributed by atoms with van der Waals surface area (Å²) in [5.74, 6) is -2.73. The fourth-order valence-corrected chi connectivity index (χ4v) is 1.92. The summed E-state index contributed by atoms with van der Waals surface area (Å²) in [6.45, 7) is 0. The Morgan fingerprint density at radius 2 is 1.55 bits per heavy atom. The first-order valence-corrected chi connectivity index (χ1v) is 7.03. The molecule has 0 aliphatic carbocycles. The Labute approximate surface area is 134 Å². The maximum Gasteiger partial charge on any atom is 0.316 e. The Morgan fingerprint density at radius 1 is 0.909 bits per heavy atom. The third-order valence-corrected chi connectivity index (χ3v) is 3.27. The number of carbonyl (C=O) groups is 3. The molecule has 0 aliphatic rings. The van der Waals surface area contributed by atoms with Gasteiger partial charge in [0.1, 0.15) is 0 Å². The lowest BCUT2D eigenvalue weighted by Gasteiger charge is -2.07. The van der Waals surface area contributed by atoms with Crippen molar-refractivity contribution >= 4 is 45.0 Å². The van der Waals surface area contributed by atoms with Crippen molar-refractivity contribution in [2.45, 2.75) is 0 Å². The number of anilines is 2. The third-order valence-electron chi connectivity index (χ3n) is 2.74. The zero-order valence-electron chi connectivity index (χ0n) is 11.3. The Hall–Kier alpha value is -2.67. The van der Waals surface area contributed by atoms with Crippen molar-refractivity contribution in [1.82, 2.24) is 5.32 Å². The van der Waals surface area contributed by atoms with E-state index in [4.69, 9.17) is 5.73 Å². The number of hydrogen-bond acceptors (Lipinski definition) is 4. The van der Waals surface area contributed by atoms with Gasteiger partial charge in [0.15, 0.2) is 0 Å². The number of nitrogens with one attached hydrogen (secondary N) is 2. The summed E-state index contributed by atoms with van der Waals surface area (Å²) >= 11 is 3.26. The lowest BCUT2D eigenvalue weighted by molar-refractivity contribution is -0.135. The van der Waals surface area contributed by atoms with Crippen molar-refractivity contribution in [3.63, 3.8) is 0 Å². The topological polar surface area (TPSA) is 101 Å². The normalized spacial score (nSPS) is 9.86. The van der Waals surface area contributed by atoms with Gasteiger partial charge in [0.2, 0.25) is 0 Å². The first-order valence-electron chi connectivity index (χ1n) is 6.24. The van der Waals surface area contributed by atoms with Crippen molar-refractivity contribution in [3.8, 4) is 0 Å². The number of rotatable bonds is 2. The van der Waals surface area contributed by atoms with Crippen LogP contribution in [0.3, 0.4) is 0 Å². The minimum absolute atomic E-state index is 0.132. The highest BCUT2D eigenvalue weighted by Gasteiger charge is 2.19. The van der Waals surface area contributed by atoms with E-state index in [1.54, 1.807) is 36.4 Å². The van der Waals surface area contributed by atoms with Gasteiger partial charge < -0.3 is 11.1 Å². The molecule has 0 bridgehead atoms. The van der Waals surface area contributed by atoms with Crippen LogP contribution in [0.5, 0.6) is 0 Å². The summed E-state index contributed by atoms with van der Waals surface area (Å²) in [6.07, 6.45) is 0. The Kier molecular flexibility index (Phi) is 4.90. The molecule has 6 nitrogen and oxygen atoms in total. The van der Waals surface area contributed by atoms with Gasteiger partial charge in [-0.2, -0.15) is 0 Å². The molecule has 112 valence electrons. The number of nitrogen functional groups attached to an aromatic ring is 1. The van der Waals surface area contributed by atoms with E-state index in [1.165, 1.54) is 12.1 Å². The molecule has 0 spiro atoms. The van der Waals surface area contributed by atoms with E-state index in [-0.39, 0.29) is 11.3 Å². The molecular weight excluding hydrogens is 350 g/mol. The van der Waals surface area contributed by atoms with E-state index in [0.29, 0.717) is 5.69 Å². The molecule has 7 heteroatoms. The minimum atomic E-state index is -1.06. The van der Waals surface area contributed by atoms with Gasteiger partial charge in [0, 0.05) is 15.8 Å². The van der Waals surface area contributed by atoms with Crippen molar-refractivity contribution in [3.05, 3.63) is 58.6 Å². The molecule has 0 atom stereocenters. The number of imide groups is 1. The van der Waals surface area contributed by atoms with E-state index < -0.39 is 17.7 Å². The van der Waals surface area contributed by atoms with Crippen molar-refractivity contribution in [1.29, 1.82) is 0 Å². The average Bonchev–Trinajstić information content (AvgIpc) is 2.49. The Bertz CT molecular complexity index is 729. The van der Waals surface area contributed by atoms with E-state index in [9.17, 15) is 14.4 Å². The second-order valence-corrected chi connectivity index (χ2v) is 5.25. The maximum absolute atomic E-state index is 11.9. The van der Waals surface area contributed by atoms with Crippen LogP contribution in [0.2, 0.25) is 0 Å². The molecule has 0 saturated heterocycles. The Morgan fingerprint density at radius 3 is 2.18 bits per heavy atom. The smallest absolute Gasteiger partial charge is 0.316 e. The third kappa shape index (κ3) is 3.92. The number of halogens is 1. The van der Waals surface area contributed by atoms with Crippen molar-refractivity contribution < 1.29 is 14.4 Å². The van der Waals surface area contributed by atoms with Crippen LogP contribution in [0.15, 0.2) is 53.0 Å². The van der Waals surface area contributed by atoms with Crippen LogP contribution in [-0.4, -0.2) is 17.7 Å². The van der Waals surface area contributed by atoms with Gasteiger partial charge in [-0.25, -0.2) is 0 Å². The second-order valence-electron chi connectivity index (χ2n) is 4.33. The molecule has 2 aromatic carbocycles. The molecule has 0 fully saturated rings. The summed E-state index contributed by atoms with van der Waals surface area (Å²) < 4.78 is 0.838. The fourth-order valence-electron chi connectivity index (χ4n) is 1.65. The van der Waals surface area contributed by atoms with Gasteiger partial charge >= 0.3 is 11.8 Å². The fraction of sp³-hybridized carbons (Fsp3) is 0. The van der Waals surface area contributed by atoms with E-state index in [2.05, 4.69) is 21.2 Å². The largest absolute Gasteiger partial charge is 0.398 e. The summed E-state index contributed by atoms with van der Waals surface area (Å²) in [7, 11) is 0. The number of nitrogens with two attached hydrogens (primary N) is 1. The SMILES string of the molecule is Nc1ccccc1C(=O)NC(=O)C(=O)Nc1ccc(Br)cc1. The van der Waals surface area contributed by atoms with Crippen LogP contribution in [0.4, 0.5) is 11.4 Å². The summed E-state index contributed by atoms with van der Waals surface area (Å²) in [5.41, 5.74) is 6.43. The Balaban J connectivity index is 1.99. The van der Waals surface area contributed by atoms with Gasteiger partial charge in [-0.3, -0.25) is 19.7 Å².